The normalized spacial score (nSPS) is 13.4. The van der Waals surface area contributed by atoms with Crippen LogP contribution in [-0.2, 0) is 13.0 Å². The molecular weight excluding hydrogens is 318 g/mol. The highest BCUT2D eigenvalue weighted by Crippen LogP contribution is 2.34. The number of hydrogen-bond acceptors (Lipinski definition) is 5. The number of aromatic hydroxyl groups is 1. The van der Waals surface area contributed by atoms with Crippen molar-refractivity contribution in [2.24, 2.45) is 0 Å². The largest absolute Gasteiger partial charge is 0.508 e. The number of hydrogen-bond donors (Lipinski definition) is 1. The Balaban J connectivity index is 1.69. The number of benzene rings is 1. The minimum atomic E-state index is 0.166. The molecule has 3 aromatic rings. The highest BCUT2D eigenvalue weighted by Gasteiger charge is 2.18. The van der Waals surface area contributed by atoms with Crippen LogP contribution < -0.4 is 4.74 Å². The molecule has 128 valence electrons. The van der Waals surface area contributed by atoms with Crippen LogP contribution in [0.4, 0.5) is 0 Å². The lowest BCUT2D eigenvalue weighted by molar-refractivity contribution is 0.299. The first kappa shape index (κ1) is 15.5. The van der Waals surface area contributed by atoms with Gasteiger partial charge in [-0.3, -0.25) is 0 Å². The van der Waals surface area contributed by atoms with Crippen molar-refractivity contribution in [3.63, 3.8) is 0 Å². The zero-order chi connectivity index (χ0) is 17.4. The van der Waals surface area contributed by atoms with Gasteiger partial charge in [-0.2, -0.15) is 0 Å². The molecule has 0 radical (unpaired) electrons. The molecule has 0 bridgehead atoms. The zero-order valence-electron chi connectivity index (χ0n) is 14.2. The summed E-state index contributed by atoms with van der Waals surface area (Å²) in [5.41, 5.74) is 3.68. The molecule has 0 unspecified atom stereocenters. The standard InChI is InChI=1S/C19H19N3O3/c1-12-16(13(2)25-21-12)11-24-18-10-14(23)6-7-15(18)17-4-3-5-19-20-8-9-22(17)19/h4,6-10,23H,3,5,11H2,1-2H3. The van der Waals surface area contributed by atoms with Gasteiger partial charge in [-0.15, -0.1) is 0 Å². The number of aromatic nitrogens is 3. The fourth-order valence-corrected chi connectivity index (χ4v) is 3.11. The SMILES string of the molecule is Cc1noc(C)c1COc1cc(O)ccc1C1=CCCc2nccn21. The van der Waals surface area contributed by atoms with Crippen molar-refractivity contribution in [1.29, 1.82) is 0 Å². The van der Waals surface area contributed by atoms with Gasteiger partial charge in [0.25, 0.3) is 0 Å². The van der Waals surface area contributed by atoms with Crippen LogP contribution in [0.25, 0.3) is 5.70 Å². The van der Waals surface area contributed by atoms with Crippen molar-refractivity contribution >= 4 is 5.70 Å². The number of phenols is 1. The number of fused-ring (bicyclic) bond motifs is 1. The van der Waals surface area contributed by atoms with Crippen LogP contribution in [0.1, 0.15) is 34.8 Å². The van der Waals surface area contributed by atoms with E-state index in [9.17, 15) is 5.11 Å². The molecule has 1 aliphatic heterocycles. The second-order valence-electron chi connectivity index (χ2n) is 6.11. The van der Waals surface area contributed by atoms with E-state index in [0.717, 1.165) is 46.9 Å². The van der Waals surface area contributed by atoms with Crippen LogP contribution in [0.3, 0.4) is 0 Å². The summed E-state index contributed by atoms with van der Waals surface area (Å²) in [6, 6.07) is 5.18. The van der Waals surface area contributed by atoms with E-state index < -0.39 is 0 Å². The van der Waals surface area contributed by atoms with Crippen LogP contribution in [0.15, 0.2) is 41.2 Å². The monoisotopic (exact) mass is 337 g/mol. The van der Waals surface area contributed by atoms with Crippen molar-refractivity contribution in [3.05, 3.63) is 65.1 Å². The van der Waals surface area contributed by atoms with Gasteiger partial charge in [0.2, 0.25) is 0 Å². The second-order valence-corrected chi connectivity index (χ2v) is 6.11. The Hall–Kier alpha value is -3.02. The van der Waals surface area contributed by atoms with Crippen molar-refractivity contribution in [1.82, 2.24) is 14.7 Å². The van der Waals surface area contributed by atoms with Gasteiger partial charge in [0.15, 0.2) is 0 Å². The van der Waals surface area contributed by atoms with Crippen LogP contribution in [0.5, 0.6) is 11.5 Å². The number of phenolic OH excluding ortho intramolecular Hbond substituents is 1. The van der Waals surface area contributed by atoms with Crippen molar-refractivity contribution in [2.75, 3.05) is 0 Å². The predicted octanol–water partition coefficient (Wildman–Crippen LogP) is 3.61. The van der Waals surface area contributed by atoms with Gasteiger partial charge in [-0.05, 0) is 32.4 Å². The maximum absolute atomic E-state index is 9.91. The molecular formula is C19H19N3O3. The Morgan fingerprint density at radius 1 is 1.32 bits per heavy atom. The molecule has 0 saturated carbocycles. The average Bonchev–Trinajstić information content (AvgIpc) is 3.20. The molecule has 6 heteroatoms. The quantitative estimate of drug-likeness (QED) is 0.787. The molecule has 2 aromatic heterocycles. The number of imidazole rings is 1. The van der Waals surface area contributed by atoms with Gasteiger partial charge in [0.1, 0.15) is 29.7 Å². The predicted molar refractivity (Wildman–Crippen MR) is 92.3 cm³/mol. The highest BCUT2D eigenvalue weighted by molar-refractivity contribution is 5.72. The van der Waals surface area contributed by atoms with E-state index in [1.807, 2.05) is 26.1 Å². The van der Waals surface area contributed by atoms with Crippen LogP contribution >= 0.6 is 0 Å². The second kappa shape index (κ2) is 6.12. The number of ether oxygens (including phenoxy) is 1. The Kier molecular flexibility index (Phi) is 3.80. The summed E-state index contributed by atoms with van der Waals surface area (Å²) >= 11 is 0. The molecule has 0 fully saturated rings. The summed E-state index contributed by atoms with van der Waals surface area (Å²) in [6.45, 7) is 4.09. The third-order valence-corrected chi connectivity index (χ3v) is 4.48. The maximum atomic E-state index is 9.91. The van der Waals surface area contributed by atoms with E-state index in [1.165, 1.54) is 0 Å². The Labute approximate surface area is 145 Å². The lowest BCUT2D eigenvalue weighted by Crippen LogP contribution is -2.10. The molecule has 1 aromatic carbocycles. The topological polar surface area (TPSA) is 73.3 Å². The molecule has 0 spiro atoms. The van der Waals surface area contributed by atoms with Crippen LogP contribution in [0.2, 0.25) is 0 Å². The minimum absolute atomic E-state index is 0.166. The summed E-state index contributed by atoms with van der Waals surface area (Å²) < 4.78 is 13.3. The number of rotatable bonds is 4. The van der Waals surface area contributed by atoms with Gasteiger partial charge in [-0.25, -0.2) is 4.98 Å². The van der Waals surface area contributed by atoms with Crippen molar-refractivity contribution < 1.29 is 14.4 Å². The molecule has 0 amide bonds. The molecule has 3 heterocycles. The number of aryl methyl sites for hydroxylation is 3. The Morgan fingerprint density at radius 2 is 2.20 bits per heavy atom. The molecule has 1 N–H and O–H groups in total. The third kappa shape index (κ3) is 2.80. The van der Waals surface area contributed by atoms with E-state index >= 15 is 0 Å². The molecule has 6 nitrogen and oxygen atoms in total. The number of nitrogens with zero attached hydrogens (tertiary/aromatic N) is 3. The number of allylic oxidation sites excluding steroid dienone is 1. The zero-order valence-corrected chi connectivity index (χ0v) is 14.2. The first-order chi connectivity index (χ1) is 12.1. The van der Waals surface area contributed by atoms with Gasteiger partial charge in [0.05, 0.1) is 17.0 Å². The van der Waals surface area contributed by atoms with E-state index in [2.05, 4.69) is 20.8 Å². The van der Waals surface area contributed by atoms with Gasteiger partial charge in [0, 0.05) is 30.4 Å². The van der Waals surface area contributed by atoms with E-state index in [1.54, 1.807) is 18.3 Å². The summed E-state index contributed by atoms with van der Waals surface area (Å²) in [6.07, 6.45) is 7.77. The smallest absolute Gasteiger partial charge is 0.140 e. The van der Waals surface area contributed by atoms with E-state index in [-0.39, 0.29) is 5.75 Å². The van der Waals surface area contributed by atoms with Crippen molar-refractivity contribution in [3.8, 4) is 11.5 Å². The molecule has 1 aliphatic rings. The molecule has 0 saturated heterocycles. The maximum Gasteiger partial charge on any atom is 0.140 e. The van der Waals surface area contributed by atoms with E-state index in [4.69, 9.17) is 9.26 Å². The minimum Gasteiger partial charge on any atom is -0.508 e. The average molecular weight is 337 g/mol. The van der Waals surface area contributed by atoms with Crippen LogP contribution in [0, 0.1) is 13.8 Å². The van der Waals surface area contributed by atoms with E-state index in [0.29, 0.717) is 12.4 Å². The molecule has 4 rings (SSSR count). The summed E-state index contributed by atoms with van der Waals surface area (Å²) in [5.74, 6) is 2.56. The van der Waals surface area contributed by atoms with Crippen LogP contribution in [-0.4, -0.2) is 19.8 Å². The lowest BCUT2D eigenvalue weighted by atomic mass is 10.1. The molecule has 0 atom stereocenters. The summed E-state index contributed by atoms with van der Waals surface area (Å²) in [5, 5.41) is 13.9. The van der Waals surface area contributed by atoms with Gasteiger partial charge < -0.3 is 18.9 Å². The first-order valence-corrected chi connectivity index (χ1v) is 8.24. The fraction of sp³-hybridized carbons (Fsp3) is 0.263. The summed E-state index contributed by atoms with van der Waals surface area (Å²) in [7, 11) is 0. The molecule has 25 heavy (non-hydrogen) atoms. The van der Waals surface area contributed by atoms with Gasteiger partial charge >= 0.3 is 0 Å². The highest BCUT2D eigenvalue weighted by atomic mass is 16.5. The third-order valence-electron chi connectivity index (χ3n) is 4.48. The molecule has 0 aliphatic carbocycles. The lowest BCUT2D eigenvalue weighted by Gasteiger charge is -2.20. The summed E-state index contributed by atoms with van der Waals surface area (Å²) in [4.78, 5) is 4.40. The Bertz CT molecular complexity index is 933. The Morgan fingerprint density at radius 3 is 3.00 bits per heavy atom. The first-order valence-electron chi connectivity index (χ1n) is 8.24. The van der Waals surface area contributed by atoms with Crippen molar-refractivity contribution in [2.45, 2.75) is 33.3 Å². The van der Waals surface area contributed by atoms with Gasteiger partial charge in [-0.1, -0.05) is 11.2 Å². The fourth-order valence-electron chi connectivity index (χ4n) is 3.11.